The minimum atomic E-state index is -0.367. The minimum Gasteiger partial charge on any atom is -0.494 e. The van der Waals surface area contributed by atoms with E-state index in [-0.39, 0.29) is 17.5 Å². The number of nitrogens with zero attached hydrogens (tertiary/aromatic N) is 2. The van der Waals surface area contributed by atoms with Gasteiger partial charge in [-0.05, 0) is 80.3 Å². The molecular formula is C29H29N3O3. The molecule has 35 heavy (non-hydrogen) atoms. The van der Waals surface area contributed by atoms with Crippen molar-refractivity contribution in [3.8, 4) is 5.75 Å². The first kappa shape index (κ1) is 22.7. The fourth-order valence-corrected chi connectivity index (χ4v) is 4.66. The lowest BCUT2D eigenvalue weighted by molar-refractivity contribution is -0.120. The molecule has 6 nitrogen and oxygen atoms in total. The van der Waals surface area contributed by atoms with Crippen molar-refractivity contribution in [1.82, 2.24) is 0 Å². The summed E-state index contributed by atoms with van der Waals surface area (Å²) >= 11 is 0. The van der Waals surface area contributed by atoms with Crippen LogP contribution < -0.4 is 19.9 Å². The average Bonchev–Trinajstić information content (AvgIpc) is 3.15. The topological polar surface area (TPSA) is 61.9 Å². The monoisotopic (exact) mass is 467 g/mol. The summed E-state index contributed by atoms with van der Waals surface area (Å²) in [6.45, 7) is 4.59. The summed E-state index contributed by atoms with van der Waals surface area (Å²) in [7, 11) is 0. The van der Waals surface area contributed by atoms with Gasteiger partial charge in [-0.2, -0.15) is 0 Å². The molecule has 178 valence electrons. The third kappa shape index (κ3) is 4.64. The van der Waals surface area contributed by atoms with Crippen LogP contribution in [0.2, 0.25) is 0 Å². The van der Waals surface area contributed by atoms with E-state index in [9.17, 15) is 9.59 Å². The molecule has 5 rings (SSSR count). The van der Waals surface area contributed by atoms with Gasteiger partial charge in [0.15, 0.2) is 0 Å². The molecule has 0 bridgehead atoms. The highest BCUT2D eigenvalue weighted by molar-refractivity contribution is 6.46. The van der Waals surface area contributed by atoms with Gasteiger partial charge in [-0.3, -0.25) is 9.59 Å². The van der Waals surface area contributed by atoms with Crippen molar-refractivity contribution in [3.05, 3.63) is 90.1 Å². The van der Waals surface area contributed by atoms with Crippen LogP contribution in [0.1, 0.15) is 31.7 Å². The molecule has 0 radical (unpaired) electrons. The maximum absolute atomic E-state index is 13.6. The summed E-state index contributed by atoms with van der Waals surface area (Å²) in [5.41, 5.74) is 3.73. The van der Waals surface area contributed by atoms with Crippen LogP contribution in [0.3, 0.4) is 0 Å². The number of amides is 2. The zero-order valence-electron chi connectivity index (χ0n) is 19.9. The van der Waals surface area contributed by atoms with Gasteiger partial charge in [-0.25, -0.2) is 4.90 Å². The van der Waals surface area contributed by atoms with Crippen molar-refractivity contribution in [2.75, 3.05) is 34.8 Å². The maximum atomic E-state index is 13.6. The predicted octanol–water partition coefficient (Wildman–Crippen LogP) is 5.47. The molecule has 2 aliphatic heterocycles. The van der Waals surface area contributed by atoms with Gasteiger partial charge in [0.1, 0.15) is 11.4 Å². The van der Waals surface area contributed by atoms with Crippen molar-refractivity contribution in [3.63, 3.8) is 0 Å². The fraction of sp³-hybridized carbons (Fsp3) is 0.241. The second-order valence-corrected chi connectivity index (χ2v) is 8.71. The van der Waals surface area contributed by atoms with Crippen LogP contribution in [-0.2, 0) is 9.59 Å². The number of imide groups is 1. The van der Waals surface area contributed by atoms with E-state index in [0.717, 1.165) is 24.5 Å². The SMILES string of the molecule is CCOc1ccc(NC2=C(c3ccccc3)C(=O)N(c3ccc(N4CCCCC4)cc3)C2=O)cc1. The van der Waals surface area contributed by atoms with Gasteiger partial charge >= 0.3 is 0 Å². The molecule has 3 aromatic rings. The van der Waals surface area contributed by atoms with Crippen LogP contribution in [0.4, 0.5) is 17.1 Å². The average molecular weight is 468 g/mol. The van der Waals surface area contributed by atoms with E-state index in [2.05, 4.69) is 10.2 Å². The molecule has 2 aliphatic rings. The number of rotatable bonds is 7. The number of carbonyl (C=O) groups excluding carboxylic acids is 2. The zero-order chi connectivity index (χ0) is 24.2. The number of piperidine rings is 1. The zero-order valence-corrected chi connectivity index (χ0v) is 19.9. The lowest BCUT2D eigenvalue weighted by Gasteiger charge is -2.29. The molecule has 0 atom stereocenters. The van der Waals surface area contributed by atoms with Crippen LogP contribution in [0.25, 0.3) is 5.57 Å². The minimum absolute atomic E-state index is 0.269. The van der Waals surface area contributed by atoms with Crippen LogP contribution in [0.5, 0.6) is 5.75 Å². The van der Waals surface area contributed by atoms with Gasteiger partial charge < -0.3 is 15.0 Å². The van der Waals surface area contributed by atoms with E-state index in [0.29, 0.717) is 29.1 Å². The Kier molecular flexibility index (Phi) is 6.53. The van der Waals surface area contributed by atoms with Gasteiger partial charge in [-0.15, -0.1) is 0 Å². The Balaban J connectivity index is 1.46. The highest BCUT2D eigenvalue weighted by Gasteiger charge is 2.40. The molecule has 1 N–H and O–H groups in total. The Morgan fingerprint density at radius 3 is 2.09 bits per heavy atom. The summed E-state index contributed by atoms with van der Waals surface area (Å²) in [4.78, 5) is 30.8. The number of carbonyl (C=O) groups is 2. The number of ether oxygens (including phenoxy) is 1. The van der Waals surface area contributed by atoms with E-state index in [4.69, 9.17) is 4.74 Å². The summed E-state index contributed by atoms with van der Waals surface area (Å²) in [5.74, 6) is 0.0494. The maximum Gasteiger partial charge on any atom is 0.282 e. The van der Waals surface area contributed by atoms with Crippen molar-refractivity contribution in [2.45, 2.75) is 26.2 Å². The highest BCUT2D eigenvalue weighted by atomic mass is 16.5. The quantitative estimate of drug-likeness (QED) is 0.467. The molecule has 2 heterocycles. The number of benzene rings is 3. The first-order valence-electron chi connectivity index (χ1n) is 12.2. The van der Waals surface area contributed by atoms with Crippen molar-refractivity contribution < 1.29 is 14.3 Å². The third-order valence-electron chi connectivity index (χ3n) is 6.41. The van der Waals surface area contributed by atoms with Gasteiger partial charge in [0, 0.05) is 24.5 Å². The van der Waals surface area contributed by atoms with Crippen LogP contribution in [0, 0.1) is 0 Å². The Morgan fingerprint density at radius 1 is 0.771 bits per heavy atom. The van der Waals surface area contributed by atoms with Crippen molar-refractivity contribution in [1.29, 1.82) is 0 Å². The van der Waals surface area contributed by atoms with Gasteiger partial charge in [0.25, 0.3) is 11.8 Å². The van der Waals surface area contributed by atoms with Gasteiger partial charge in [-0.1, -0.05) is 30.3 Å². The molecule has 3 aromatic carbocycles. The Bertz CT molecular complexity index is 1230. The molecule has 1 saturated heterocycles. The van der Waals surface area contributed by atoms with Crippen molar-refractivity contribution in [2.24, 2.45) is 0 Å². The number of hydrogen-bond acceptors (Lipinski definition) is 5. The summed E-state index contributed by atoms with van der Waals surface area (Å²) < 4.78 is 5.52. The molecular weight excluding hydrogens is 438 g/mol. The number of hydrogen-bond donors (Lipinski definition) is 1. The van der Waals surface area contributed by atoms with E-state index in [1.807, 2.05) is 85.8 Å². The molecule has 0 saturated carbocycles. The fourth-order valence-electron chi connectivity index (χ4n) is 4.66. The third-order valence-corrected chi connectivity index (χ3v) is 6.41. The summed E-state index contributed by atoms with van der Waals surface area (Å²) in [6, 6.07) is 24.4. The standard InChI is InChI=1S/C29H29N3O3/c1-2-35-25-17-11-22(12-18-25)30-27-26(21-9-5-3-6-10-21)28(33)32(29(27)34)24-15-13-23(14-16-24)31-19-7-4-8-20-31/h3,5-6,9-18,30H,2,4,7-8,19-20H2,1H3. The first-order valence-corrected chi connectivity index (χ1v) is 12.2. The normalized spacial score (nSPS) is 16.1. The molecule has 6 heteroatoms. The van der Waals surface area contributed by atoms with E-state index >= 15 is 0 Å². The number of anilines is 3. The van der Waals surface area contributed by atoms with Gasteiger partial charge in [0.2, 0.25) is 0 Å². The molecule has 0 spiro atoms. The van der Waals surface area contributed by atoms with E-state index in [1.54, 1.807) is 0 Å². The lowest BCUT2D eigenvalue weighted by Crippen LogP contribution is -2.32. The predicted molar refractivity (Wildman–Crippen MR) is 140 cm³/mol. The molecule has 0 unspecified atom stereocenters. The van der Waals surface area contributed by atoms with E-state index < -0.39 is 0 Å². The summed E-state index contributed by atoms with van der Waals surface area (Å²) in [6.07, 6.45) is 3.65. The Labute approximate surface area is 205 Å². The second-order valence-electron chi connectivity index (χ2n) is 8.71. The van der Waals surface area contributed by atoms with Crippen LogP contribution in [0.15, 0.2) is 84.6 Å². The largest absolute Gasteiger partial charge is 0.494 e. The molecule has 1 fully saturated rings. The molecule has 2 amide bonds. The highest BCUT2D eigenvalue weighted by Crippen LogP contribution is 2.35. The first-order chi connectivity index (χ1) is 17.2. The molecule has 0 aromatic heterocycles. The Morgan fingerprint density at radius 2 is 1.43 bits per heavy atom. The Hall–Kier alpha value is -4.06. The van der Waals surface area contributed by atoms with Gasteiger partial charge in [0.05, 0.1) is 17.9 Å². The van der Waals surface area contributed by atoms with Crippen LogP contribution in [-0.4, -0.2) is 31.5 Å². The lowest BCUT2D eigenvalue weighted by atomic mass is 10.0. The molecule has 0 aliphatic carbocycles. The van der Waals surface area contributed by atoms with Crippen molar-refractivity contribution >= 4 is 34.4 Å². The second kappa shape index (κ2) is 10.1. The number of nitrogens with one attached hydrogen (secondary N) is 1. The van der Waals surface area contributed by atoms with E-state index in [1.165, 1.54) is 24.2 Å². The summed E-state index contributed by atoms with van der Waals surface area (Å²) in [5, 5.41) is 3.21. The van der Waals surface area contributed by atoms with Crippen LogP contribution >= 0.6 is 0 Å². The smallest absolute Gasteiger partial charge is 0.282 e.